The number of carbonyl (C=O) groups excluding carboxylic acids is 2. The van der Waals surface area contributed by atoms with Gasteiger partial charge >= 0.3 is 0 Å². The molecule has 0 aliphatic carbocycles. The Morgan fingerprint density at radius 1 is 0.623 bits per heavy atom. The minimum atomic E-state index is -0.523. The van der Waals surface area contributed by atoms with Crippen molar-refractivity contribution in [3.05, 3.63) is 155 Å². The van der Waals surface area contributed by atoms with Crippen LogP contribution in [0.4, 0.5) is 8.78 Å². The number of nitrogens with zero attached hydrogens (tertiary/aromatic N) is 4. The van der Waals surface area contributed by atoms with Crippen LogP contribution in [0.1, 0.15) is 97.0 Å². The predicted octanol–water partition coefficient (Wildman–Crippen LogP) is 12.9. The van der Waals surface area contributed by atoms with E-state index in [0.717, 1.165) is 64.3 Å². The molecule has 0 atom stereocenters. The molecule has 0 bridgehead atoms. The number of nitrogens with one attached hydrogen (secondary N) is 1. The van der Waals surface area contributed by atoms with E-state index < -0.39 is 5.41 Å². The number of halogens is 3. The Morgan fingerprint density at radius 2 is 1.05 bits per heavy atom. The summed E-state index contributed by atoms with van der Waals surface area (Å²) in [4.78, 5) is 25.4. The Bertz CT molecular complexity index is 2140. The van der Waals surface area contributed by atoms with Gasteiger partial charge in [0.2, 0.25) is 5.24 Å². The number of hydrogen-bond acceptors (Lipinski definition) is 5. The van der Waals surface area contributed by atoms with E-state index in [1.54, 1.807) is 32.9 Å². The molecule has 0 radical (unpaired) electrons. The summed E-state index contributed by atoms with van der Waals surface area (Å²) in [6.45, 7) is 21.1. The zero-order chi connectivity index (χ0) is 44.3. The minimum absolute atomic E-state index is 0. The van der Waals surface area contributed by atoms with Crippen LogP contribution in [0.25, 0.3) is 22.5 Å². The third kappa shape index (κ3) is 18.1. The third-order valence-electron chi connectivity index (χ3n) is 9.50. The molecular weight excluding hydrogens is 788 g/mol. The van der Waals surface area contributed by atoms with Crippen molar-refractivity contribution in [2.75, 3.05) is 19.6 Å². The van der Waals surface area contributed by atoms with Gasteiger partial charge in [0.15, 0.2) is 0 Å². The zero-order valence-electron chi connectivity index (χ0n) is 36.7. The predicted molar refractivity (Wildman–Crippen MR) is 250 cm³/mol. The topological polar surface area (TPSA) is 83.9 Å². The molecule has 4 aromatic carbocycles. The Balaban J connectivity index is 0.000000322. The number of aromatic amines is 1. The van der Waals surface area contributed by atoms with Crippen molar-refractivity contribution in [2.24, 2.45) is 10.8 Å². The molecule has 0 fully saturated rings. The van der Waals surface area contributed by atoms with E-state index >= 15 is 0 Å². The third-order valence-corrected chi connectivity index (χ3v) is 10.1. The van der Waals surface area contributed by atoms with Gasteiger partial charge < -0.3 is 4.90 Å². The molecule has 6 aromatic rings. The highest BCUT2D eigenvalue weighted by Crippen LogP contribution is 2.24. The van der Waals surface area contributed by atoms with E-state index in [1.807, 2.05) is 99.6 Å². The summed E-state index contributed by atoms with van der Waals surface area (Å²) in [5.74, 6) is -0.469. The molecule has 2 aromatic heterocycles. The fourth-order valence-corrected chi connectivity index (χ4v) is 5.61. The number of rotatable bonds is 11. The molecule has 0 aliphatic rings. The Kier molecular flexibility index (Phi) is 21.7. The van der Waals surface area contributed by atoms with Crippen molar-refractivity contribution in [1.82, 2.24) is 24.9 Å². The number of aryl methyl sites for hydroxylation is 4. The van der Waals surface area contributed by atoms with Gasteiger partial charge in [0.25, 0.3) is 5.91 Å². The van der Waals surface area contributed by atoms with Crippen LogP contribution >= 0.6 is 11.6 Å². The Hall–Kier alpha value is -5.25. The molecule has 328 valence electrons. The van der Waals surface area contributed by atoms with E-state index in [1.165, 1.54) is 48.6 Å². The summed E-state index contributed by atoms with van der Waals surface area (Å²) in [5.41, 5.74) is 7.06. The molecule has 0 saturated carbocycles. The van der Waals surface area contributed by atoms with E-state index in [2.05, 4.69) is 47.0 Å². The average molecular weight is 855 g/mol. The van der Waals surface area contributed by atoms with Crippen LogP contribution in [0.5, 0.6) is 0 Å². The van der Waals surface area contributed by atoms with Gasteiger partial charge in [-0.2, -0.15) is 10.2 Å². The first kappa shape index (κ1) is 51.9. The second kappa shape index (κ2) is 25.5. The van der Waals surface area contributed by atoms with Crippen LogP contribution in [0.2, 0.25) is 0 Å². The number of benzene rings is 4. The zero-order valence-corrected chi connectivity index (χ0v) is 37.5. The number of aromatic nitrogens is 4. The smallest absolute Gasteiger partial charge is 0.252 e. The summed E-state index contributed by atoms with van der Waals surface area (Å²) in [5, 5.41) is 11.7. The first-order valence-electron chi connectivity index (χ1n) is 20.6. The Labute approximate surface area is 368 Å². The van der Waals surface area contributed by atoms with Crippen molar-refractivity contribution >= 4 is 22.8 Å². The number of hydrogen-bond donors (Lipinski definition) is 1. The summed E-state index contributed by atoms with van der Waals surface area (Å²) < 4.78 is 27.4. The van der Waals surface area contributed by atoms with Crippen LogP contribution in [0.3, 0.4) is 0 Å². The molecule has 6 rings (SSSR count). The lowest BCUT2D eigenvalue weighted by Crippen LogP contribution is -2.29. The van der Waals surface area contributed by atoms with Gasteiger partial charge in [-0.05, 0) is 104 Å². The molecule has 0 spiro atoms. The highest BCUT2D eigenvalue weighted by molar-refractivity contribution is 6.64. The quantitative estimate of drug-likeness (QED) is 0.131. The molecule has 61 heavy (non-hydrogen) atoms. The van der Waals surface area contributed by atoms with E-state index in [4.69, 9.17) is 11.6 Å². The lowest BCUT2D eigenvalue weighted by Gasteiger charge is -2.17. The SMILES string of the molecule is C.CC(C)(C)C(=O)Cl.CC(C)(C)C(=O)n1nc(-c2ccccc2)cc1CCc1ccc(F)cc1.CCN(CC)CC.Fc1ccc(CCc2cc(-c3ccccc3)n[nH]2)cc1. The molecule has 0 aliphatic heterocycles. The maximum absolute atomic E-state index is 13.1. The number of carbonyl (C=O) groups is 2. The molecule has 1 N–H and O–H groups in total. The second-order valence-electron chi connectivity index (χ2n) is 16.4. The van der Waals surface area contributed by atoms with Crippen LogP contribution in [0.15, 0.2) is 121 Å². The normalized spacial score (nSPS) is 10.9. The second-order valence-corrected chi connectivity index (χ2v) is 16.7. The largest absolute Gasteiger partial charge is 0.304 e. The van der Waals surface area contributed by atoms with Gasteiger partial charge in [-0.15, -0.1) is 0 Å². The molecule has 2 heterocycles. The van der Waals surface area contributed by atoms with Gasteiger partial charge in [-0.3, -0.25) is 14.7 Å². The first-order chi connectivity index (χ1) is 28.4. The molecule has 10 heteroatoms. The minimum Gasteiger partial charge on any atom is -0.304 e. The van der Waals surface area contributed by atoms with Gasteiger partial charge in [-0.1, -0.05) is 155 Å². The molecule has 0 amide bonds. The maximum atomic E-state index is 13.1. The van der Waals surface area contributed by atoms with Crippen molar-refractivity contribution in [2.45, 2.75) is 95.4 Å². The summed E-state index contributed by atoms with van der Waals surface area (Å²) in [6, 6.07) is 37.1. The van der Waals surface area contributed by atoms with E-state index in [9.17, 15) is 18.4 Å². The van der Waals surface area contributed by atoms with Crippen molar-refractivity contribution in [3.8, 4) is 22.5 Å². The van der Waals surface area contributed by atoms with Gasteiger partial charge in [0.05, 0.1) is 11.4 Å². The average Bonchev–Trinajstić information content (AvgIpc) is 3.89. The van der Waals surface area contributed by atoms with E-state index in [-0.39, 0.29) is 35.6 Å². The fraction of sp³-hybridized carbons (Fsp3) is 0.373. The highest BCUT2D eigenvalue weighted by Gasteiger charge is 2.26. The van der Waals surface area contributed by atoms with Gasteiger partial charge in [0, 0.05) is 33.3 Å². The van der Waals surface area contributed by atoms with Crippen LogP contribution < -0.4 is 0 Å². The van der Waals surface area contributed by atoms with Crippen LogP contribution in [-0.2, 0) is 30.5 Å². The van der Waals surface area contributed by atoms with Crippen molar-refractivity contribution in [3.63, 3.8) is 0 Å². The van der Waals surface area contributed by atoms with Crippen LogP contribution in [0, 0.1) is 22.5 Å². The monoisotopic (exact) mass is 853 g/mol. The molecule has 0 saturated heterocycles. The van der Waals surface area contributed by atoms with Crippen molar-refractivity contribution in [1.29, 1.82) is 0 Å². The number of H-pyrrole nitrogens is 1. The Morgan fingerprint density at radius 3 is 1.44 bits per heavy atom. The lowest BCUT2D eigenvalue weighted by molar-refractivity contribution is -0.118. The lowest BCUT2D eigenvalue weighted by atomic mass is 9.95. The first-order valence-corrected chi connectivity index (χ1v) is 21.0. The van der Waals surface area contributed by atoms with Gasteiger partial charge in [-0.25, -0.2) is 13.5 Å². The summed E-state index contributed by atoms with van der Waals surface area (Å²) in [6.07, 6.45) is 3.12. The molecule has 0 unspecified atom stereocenters. The van der Waals surface area contributed by atoms with Gasteiger partial charge in [0.1, 0.15) is 11.6 Å². The van der Waals surface area contributed by atoms with Crippen molar-refractivity contribution < 1.29 is 18.4 Å². The molecule has 7 nitrogen and oxygen atoms in total. The summed E-state index contributed by atoms with van der Waals surface area (Å²) in [7, 11) is 0. The summed E-state index contributed by atoms with van der Waals surface area (Å²) >= 11 is 5.11. The maximum Gasteiger partial charge on any atom is 0.252 e. The molecular formula is C51H66ClF2N5O2. The highest BCUT2D eigenvalue weighted by atomic mass is 35.5. The van der Waals surface area contributed by atoms with E-state index in [0.29, 0.717) is 6.42 Å². The fourth-order valence-electron chi connectivity index (χ4n) is 5.61. The van der Waals surface area contributed by atoms with Crippen LogP contribution in [-0.4, -0.2) is 55.7 Å². The standard InChI is InChI=1S/C22H23FN2O.C17H15FN2.C6H15N.C5H9ClO.CH4/c1-22(2,3)21(26)25-19(14-11-16-9-12-18(23)13-10-16)15-20(24-25)17-7-5-4-6-8-17;18-15-9-6-13(7-10-15)8-11-16-12-17(20-19-16)14-4-2-1-3-5-14;1-4-7(5-2)6-3;1-5(2,3)4(6)7;/h4-10,12-13,15H,11,14H2,1-3H3;1-7,9-10,12H,8,11H2,(H,19,20);4-6H2,1-3H3;1-3H3;1H4.